The molecule has 182 valence electrons. The van der Waals surface area contributed by atoms with E-state index < -0.39 is 11.7 Å². The number of piperidine rings is 1. The van der Waals surface area contributed by atoms with Gasteiger partial charge in [-0.3, -0.25) is 14.4 Å². The van der Waals surface area contributed by atoms with E-state index in [1.165, 1.54) is 35.6 Å². The highest BCUT2D eigenvalue weighted by Gasteiger charge is 2.28. The summed E-state index contributed by atoms with van der Waals surface area (Å²) in [6.45, 7) is 3.62. The number of thiazole rings is 1. The van der Waals surface area contributed by atoms with Crippen molar-refractivity contribution in [2.24, 2.45) is 10.9 Å². The molecule has 2 heterocycles. The third-order valence-electron chi connectivity index (χ3n) is 5.88. The molecule has 1 aromatic heterocycles. The maximum absolute atomic E-state index is 13.1. The van der Waals surface area contributed by atoms with Gasteiger partial charge in [0.25, 0.3) is 11.8 Å². The molecular weight excluding hydrogens is 469 g/mol. The van der Waals surface area contributed by atoms with Crippen molar-refractivity contribution >= 4 is 29.1 Å². The van der Waals surface area contributed by atoms with Crippen molar-refractivity contribution in [1.29, 1.82) is 0 Å². The van der Waals surface area contributed by atoms with Crippen LogP contribution in [0, 0.1) is 11.7 Å². The molecule has 1 fully saturated rings. The number of hydrogen-bond acceptors (Lipinski definition) is 5. The normalized spacial score (nSPS) is 14.7. The number of halogens is 1. The molecule has 3 aromatic rings. The van der Waals surface area contributed by atoms with Crippen LogP contribution in [0.5, 0.6) is 0 Å². The zero-order valence-corrected chi connectivity index (χ0v) is 20.2. The van der Waals surface area contributed by atoms with Crippen LogP contribution in [-0.4, -0.2) is 46.9 Å². The fraction of sp³-hybridized carbons (Fsp3) is 0.308. The smallest absolute Gasteiger partial charge is 0.309 e. The lowest BCUT2D eigenvalue weighted by molar-refractivity contribution is -0.149. The summed E-state index contributed by atoms with van der Waals surface area (Å²) >= 11 is 1.32. The summed E-state index contributed by atoms with van der Waals surface area (Å²) in [6.07, 6.45) is 3.03. The highest BCUT2D eigenvalue weighted by atomic mass is 32.1. The lowest BCUT2D eigenvalue weighted by Gasteiger charge is -2.31. The monoisotopic (exact) mass is 495 g/mol. The summed E-state index contributed by atoms with van der Waals surface area (Å²) in [5, 5.41) is 1.83. The van der Waals surface area contributed by atoms with Crippen LogP contribution in [-0.2, 0) is 16.1 Å². The molecule has 7 nitrogen and oxygen atoms in total. The first-order valence-corrected chi connectivity index (χ1v) is 12.4. The van der Waals surface area contributed by atoms with Crippen LogP contribution in [0.25, 0.3) is 0 Å². The van der Waals surface area contributed by atoms with Crippen LogP contribution in [0.4, 0.5) is 4.39 Å². The number of ether oxygens (including phenoxy) is 1. The maximum Gasteiger partial charge on any atom is 0.309 e. The average molecular weight is 496 g/mol. The summed E-state index contributed by atoms with van der Waals surface area (Å²) in [4.78, 5) is 44.0. The van der Waals surface area contributed by atoms with Gasteiger partial charge in [0.2, 0.25) is 0 Å². The molecule has 1 aliphatic heterocycles. The lowest BCUT2D eigenvalue weighted by Crippen LogP contribution is -2.40. The Kier molecular flexibility index (Phi) is 7.87. The molecule has 0 atom stereocenters. The van der Waals surface area contributed by atoms with Crippen molar-refractivity contribution in [3.8, 4) is 0 Å². The van der Waals surface area contributed by atoms with E-state index in [2.05, 4.69) is 4.99 Å². The van der Waals surface area contributed by atoms with Crippen LogP contribution in [0.2, 0.25) is 0 Å². The third kappa shape index (κ3) is 6.10. The number of carbonyl (C=O) groups is 3. The number of benzene rings is 2. The van der Waals surface area contributed by atoms with Gasteiger partial charge in [-0.05, 0) is 61.7 Å². The third-order valence-corrected chi connectivity index (χ3v) is 6.67. The van der Waals surface area contributed by atoms with Crippen LogP contribution in [0.15, 0.2) is 65.1 Å². The number of hydrogen-bond donors (Lipinski definition) is 0. The molecule has 0 bridgehead atoms. The molecule has 2 amide bonds. The first-order chi connectivity index (χ1) is 16.9. The van der Waals surface area contributed by atoms with Crippen molar-refractivity contribution in [3.63, 3.8) is 0 Å². The second-order valence-electron chi connectivity index (χ2n) is 8.26. The van der Waals surface area contributed by atoms with E-state index in [0.717, 1.165) is 5.56 Å². The van der Waals surface area contributed by atoms with Gasteiger partial charge >= 0.3 is 5.97 Å². The molecule has 1 saturated heterocycles. The van der Waals surface area contributed by atoms with Gasteiger partial charge in [0.1, 0.15) is 5.82 Å². The number of amides is 2. The predicted octanol–water partition coefficient (Wildman–Crippen LogP) is 3.89. The Morgan fingerprint density at radius 3 is 2.54 bits per heavy atom. The lowest BCUT2D eigenvalue weighted by atomic mass is 9.96. The topological polar surface area (TPSA) is 81.0 Å². The highest BCUT2D eigenvalue weighted by molar-refractivity contribution is 7.07. The first kappa shape index (κ1) is 24.5. The van der Waals surface area contributed by atoms with Gasteiger partial charge in [0, 0.05) is 42.3 Å². The molecule has 0 saturated carbocycles. The minimum atomic E-state index is -0.448. The van der Waals surface area contributed by atoms with Gasteiger partial charge < -0.3 is 14.2 Å². The molecule has 0 aliphatic carbocycles. The zero-order chi connectivity index (χ0) is 24.8. The van der Waals surface area contributed by atoms with Crippen molar-refractivity contribution in [3.05, 3.63) is 87.4 Å². The predicted molar refractivity (Wildman–Crippen MR) is 129 cm³/mol. The van der Waals surface area contributed by atoms with E-state index in [1.54, 1.807) is 17.9 Å². The fourth-order valence-electron chi connectivity index (χ4n) is 4.01. The molecule has 0 unspecified atom stereocenters. The molecule has 9 heteroatoms. The molecule has 2 aromatic carbocycles. The summed E-state index contributed by atoms with van der Waals surface area (Å²) in [5.41, 5.74) is 1.78. The number of aromatic nitrogens is 1. The van der Waals surface area contributed by atoms with Crippen LogP contribution in [0.1, 0.15) is 46.0 Å². The van der Waals surface area contributed by atoms with Crippen LogP contribution < -0.4 is 4.80 Å². The Bertz CT molecular complexity index is 1270. The van der Waals surface area contributed by atoms with Crippen molar-refractivity contribution in [2.45, 2.75) is 26.3 Å². The van der Waals surface area contributed by atoms with Crippen molar-refractivity contribution in [2.75, 3.05) is 19.7 Å². The van der Waals surface area contributed by atoms with Gasteiger partial charge in [-0.1, -0.05) is 12.1 Å². The summed E-state index contributed by atoms with van der Waals surface area (Å²) < 4.78 is 20.1. The van der Waals surface area contributed by atoms with Crippen molar-refractivity contribution < 1.29 is 23.5 Å². The number of nitrogens with zero attached hydrogens (tertiary/aromatic N) is 3. The van der Waals surface area contributed by atoms with Crippen LogP contribution >= 0.6 is 11.3 Å². The molecule has 4 rings (SSSR count). The Hall–Kier alpha value is -3.59. The highest BCUT2D eigenvalue weighted by Crippen LogP contribution is 2.21. The molecule has 1 aliphatic rings. The van der Waals surface area contributed by atoms with E-state index in [0.29, 0.717) is 55.0 Å². The minimum absolute atomic E-state index is 0.0686. The summed E-state index contributed by atoms with van der Waals surface area (Å²) in [7, 11) is 0. The number of carbonyl (C=O) groups excluding carboxylic acids is 3. The Morgan fingerprint density at radius 2 is 1.83 bits per heavy atom. The van der Waals surface area contributed by atoms with Gasteiger partial charge in [0.05, 0.1) is 12.5 Å². The van der Waals surface area contributed by atoms with Crippen LogP contribution in [0.3, 0.4) is 0 Å². The molecule has 0 spiro atoms. The quantitative estimate of drug-likeness (QED) is 0.486. The number of likely N-dealkylation sites (tertiary alicyclic amines) is 1. The summed E-state index contributed by atoms with van der Waals surface area (Å²) in [6, 6.07) is 12.6. The summed E-state index contributed by atoms with van der Waals surface area (Å²) in [5.74, 6) is -1.27. The fourth-order valence-corrected chi connectivity index (χ4v) is 4.74. The van der Waals surface area contributed by atoms with E-state index in [4.69, 9.17) is 4.74 Å². The van der Waals surface area contributed by atoms with Gasteiger partial charge in [-0.15, -0.1) is 11.3 Å². The van der Waals surface area contributed by atoms with E-state index in [9.17, 15) is 18.8 Å². The van der Waals surface area contributed by atoms with Gasteiger partial charge in [0.15, 0.2) is 4.80 Å². The van der Waals surface area contributed by atoms with Gasteiger partial charge in [-0.25, -0.2) is 4.39 Å². The number of rotatable bonds is 6. The first-order valence-electron chi connectivity index (χ1n) is 11.5. The second-order valence-corrected chi connectivity index (χ2v) is 9.13. The van der Waals surface area contributed by atoms with E-state index >= 15 is 0 Å². The molecular formula is C26H26FN3O4S. The zero-order valence-electron chi connectivity index (χ0n) is 19.4. The SMILES string of the molecule is CCOC(=O)C1CCN(C(=O)c2cccc(Cn3ccsc3=NC(=O)c3ccc(F)cc3)c2)CC1. The average Bonchev–Trinajstić information content (AvgIpc) is 3.30. The maximum atomic E-state index is 13.1. The van der Waals surface area contributed by atoms with Gasteiger partial charge in [-0.2, -0.15) is 4.99 Å². The Balaban J connectivity index is 1.44. The van der Waals surface area contributed by atoms with E-state index in [-0.39, 0.29) is 17.8 Å². The largest absolute Gasteiger partial charge is 0.466 e. The second kappa shape index (κ2) is 11.2. The molecule has 0 radical (unpaired) electrons. The number of esters is 1. The Morgan fingerprint density at radius 1 is 1.09 bits per heavy atom. The van der Waals surface area contributed by atoms with E-state index in [1.807, 2.05) is 34.3 Å². The molecule has 35 heavy (non-hydrogen) atoms. The standard InChI is InChI=1S/C26H26FN3O4S/c1-2-34-25(33)20-10-12-29(13-11-20)24(32)21-5-3-4-18(16-21)17-30-14-15-35-26(30)28-23(31)19-6-8-22(27)9-7-19/h3-9,14-16,20H,2,10-13,17H2,1H3. The Labute approximate surface area is 206 Å². The van der Waals surface area contributed by atoms with Crippen molar-refractivity contribution in [1.82, 2.24) is 9.47 Å². The minimum Gasteiger partial charge on any atom is -0.466 e. The molecule has 0 N–H and O–H groups in total.